The fraction of sp³-hybridized carbons (Fsp3) is 0.619. The molecule has 0 radical (unpaired) electrons. The summed E-state index contributed by atoms with van der Waals surface area (Å²) in [5.41, 5.74) is 0.867. The molecule has 2 aromatic heterocycles. The molecule has 0 aliphatic carbocycles. The number of aryl methyl sites for hydroxylation is 1. The molecule has 2 aliphatic heterocycles. The standard InChI is InChI=1S/C21H29N5O2/c1-3-18-23-19(24-28-18)17-7-4-10-22-20(17)26-11-5-6-16(14-26)21(27)25-12-8-15(2)9-13-25/h4,7,10,15-16H,3,5-6,8-9,11-14H2,1-2H3. The Labute approximate surface area is 166 Å². The molecule has 4 heterocycles. The normalized spacial score (nSPS) is 21.1. The summed E-state index contributed by atoms with van der Waals surface area (Å²) in [4.78, 5) is 26.4. The average molecular weight is 383 g/mol. The molecule has 1 atom stereocenters. The van der Waals surface area contributed by atoms with E-state index in [1.54, 1.807) is 6.20 Å². The molecule has 2 aliphatic rings. The van der Waals surface area contributed by atoms with Crippen LogP contribution in [0.25, 0.3) is 11.4 Å². The van der Waals surface area contributed by atoms with Crippen LogP contribution in [-0.2, 0) is 11.2 Å². The Morgan fingerprint density at radius 1 is 1.25 bits per heavy atom. The molecule has 2 fully saturated rings. The first-order chi connectivity index (χ1) is 13.7. The molecule has 2 aromatic rings. The molecule has 7 heteroatoms. The van der Waals surface area contributed by atoms with Crippen LogP contribution in [0.5, 0.6) is 0 Å². The fourth-order valence-electron chi connectivity index (χ4n) is 4.19. The number of carbonyl (C=O) groups excluding carboxylic acids is 1. The second-order valence-electron chi connectivity index (χ2n) is 8.03. The Morgan fingerprint density at radius 2 is 2.07 bits per heavy atom. The van der Waals surface area contributed by atoms with Gasteiger partial charge >= 0.3 is 0 Å². The zero-order valence-electron chi connectivity index (χ0n) is 16.8. The van der Waals surface area contributed by atoms with E-state index in [0.29, 0.717) is 30.6 Å². The number of hydrogen-bond acceptors (Lipinski definition) is 6. The first kappa shape index (κ1) is 18.9. The second-order valence-corrected chi connectivity index (χ2v) is 8.03. The summed E-state index contributed by atoms with van der Waals surface area (Å²) in [5.74, 6) is 3.10. The summed E-state index contributed by atoms with van der Waals surface area (Å²) in [5, 5.41) is 4.12. The predicted molar refractivity (Wildman–Crippen MR) is 107 cm³/mol. The largest absolute Gasteiger partial charge is 0.355 e. The van der Waals surface area contributed by atoms with Crippen molar-refractivity contribution < 1.29 is 9.32 Å². The van der Waals surface area contributed by atoms with Gasteiger partial charge in [0.15, 0.2) is 0 Å². The van der Waals surface area contributed by atoms with Crippen molar-refractivity contribution in [3.05, 3.63) is 24.2 Å². The molecule has 0 N–H and O–H groups in total. The van der Waals surface area contributed by atoms with E-state index in [2.05, 4.69) is 31.8 Å². The number of pyridine rings is 1. The van der Waals surface area contributed by atoms with Crippen LogP contribution >= 0.6 is 0 Å². The number of rotatable bonds is 4. The summed E-state index contributed by atoms with van der Waals surface area (Å²) in [6.45, 7) is 7.65. The highest BCUT2D eigenvalue weighted by atomic mass is 16.5. The van der Waals surface area contributed by atoms with Gasteiger partial charge in [0.2, 0.25) is 17.6 Å². The quantitative estimate of drug-likeness (QED) is 0.807. The van der Waals surface area contributed by atoms with Gasteiger partial charge in [0, 0.05) is 38.8 Å². The molecule has 150 valence electrons. The zero-order chi connectivity index (χ0) is 19.5. The highest BCUT2D eigenvalue weighted by Crippen LogP contribution is 2.31. The third kappa shape index (κ3) is 3.88. The van der Waals surface area contributed by atoms with Crippen LogP contribution in [0.15, 0.2) is 22.9 Å². The van der Waals surface area contributed by atoms with Crippen molar-refractivity contribution in [1.82, 2.24) is 20.0 Å². The number of carbonyl (C=O) groups is 1. The minimum absolute atomic E-state index is 0.0356. The van der Waals surface area contributed by atoms with E-state index >= 15 is 0 Å². The summed E-state index contributed by atoms with van der Waals surface area (Å²) in [7, 11) is 0. The number of nitrogens with zero attached hydrogens (tertiary/aromatic N) is 5. The summed E-state index contributed by atoms with van der Waals surface area (Å²) < 4.78 is 5.29. The summed E-state index contributed by atoms with van der Waals surface area (Å²) in [6, 6.07) is 3.87. The third-order valence-corrected chi connectivity index (χ3v) is 5.96. The van der Waals surface area contributed by atoms with Gasteiger partial charge in [0.25, 0.3) is 0 Å². The Hall–Kier alpha value is -2.44. The van der Waals surface area contributed by atoms with Gasteiger partial charge in [-0.25, -0.2) is 4.98 Å². The van der Waals surface area contributed by atoms with Crippen LogP contribution in [0.2, 0.25) is 0 Å². The van der Waals surface area contributed by atoms with Crippen molar-refractivity contribution in [2.24, 2.45) is 11.8 Å². The molecule has 0 bridgehead atoms. The van der Waals surface area contributed by atoms with Gasteiger partial charge in [-0.2, -0.15) is 4.98 Å². The van der Waals surface area contributed by atoms with Gasteiger partial charge in [0.1, 0.15) is 5.82 Å². The van der Waals surface area contributed by atoms with Gasteiger partial charge in [-0.1, -0.05) is 19.0 Å². The van der Waals surface area contributed by atoms with Crippen molar-refractivity contribution in [2.75, 3.05) is 31.1 Å². The topological polar surface area (TPSA) is 75.4 Å². The predicted octanol–water partition coefficient (Wildman–Crippen LogP) is 3.17. The van der Waals surface area contributed by atoms with E-state index in [0.717, 1.165) is 62.6 Å². The van der Waals surface area contributed by atoms with Crippen LogP contribution in [-0.4, -0.2) is 52.1 Å². The zero-order valence-corrected chi connectivity index (χ0v) is 16.8. The number of aromatic nitrogens is 3. The molecule has 2 saturated heterocycles. The van der Waals surface area contributed by atoms with E-state index in [9.17, 15) is 4.79 Å². The van der Waals surface area contributed by atoms with Crippen molar-refractivity contribution >= 4 is 11.7 Å². The lowest BCUT2D eigenvalue weighted by atomic mass is 9.93. The number of hydrogen-bond donors (Lipinski definition) is 0. The Balaban J connectivity index is 1.51. The van der Waals surface area contributed by atoms with Gasteiger partial charge < -0.3 is 14.3 Å². The number of likely N-dealkylation sites (tertiary alicyclic amines) is 1. The third-order valence-electron chi connectivity index (χ3n) is 5.96. The first-order valence-electron chi connectivity index (χ1n) is 10.5. The average Bonchev–Trinajstić information content (AvgIpc) is 3.23. The van der Waals surface area contributed by atoms with Crippen molar-refractivity contribution in [2.45, 2.75) is 46.0 Å². The van der Waals surface area contributed by atoms with Crippen LogP contribution in [0.1, 0.15) is 45.4 Å². The second kappa shape index (κ2) is 8.29. The summed E-state index contributed by atoms with van der Waals surface area (Å²) >= 11 is 0. The Kier molecular flexibility index (Phi) is 5.59. The Bertz CT molecular complexity index is 813. The van der Waals surface area contributed by atoms with Crippen LogP contribution in [0.4, 0.5) is 5.82 Å². The van der Waals surface area contributed by atoms with Crippen molar-refractivity contribution in [1.29, 1.82) is 0 Å². The molecule has 7 nitrogen and oxygen atoms in total. The van der Waals surface area contributed by atoms with Crippen molar-refractivity contribution in [3.63, 3.8) is 0 Å². The lowest BCUT2D eigenvalue weighted by Gasteiger charge is -2.38. The molecular formula is C21H29N5O2. The first-order valence-corrected chi connectivity index (χ1v) is 10.5. The van der Waals surface area contributed by atoms with E-state index in [-0.39, 0.29) is 5.92 Å². The van der Waals surface area contributed by atoms with Crippen molar-refractivity contribution in [3.8, 4) is 11.4 Å². The summed E-state index contributed by atoms with van der Waals surface area (Å²) in [6.07, 6.45) is 6.66. The molecule has 1 amide bonds. The minimum Gasteiger partial charge on any atom is -0.355 e. The lowest BCUT2D eigenvalue weighted by Crippen LogP contribution is -2.47. The highest BCUT2D eigenvalue weighted by molar-refractivity contribution is 5.80. The molecule has 0 aromatic carbocycles. The van der Waals surface area contributed by atoms with Gasteiger partial charge in [0.05, 0.1) is 11.5 Å². The maximum absolute atomic E-state index is 13.1. The SMILES string of the molecule is CCc1nc(-c2cccnc2N2CCCC(C(=O)N3CCC(C)CC3)C2)no1. The van der Waals surface area contributed by atoms with Crippen LogP contribution in [0.3, 0.4) is 0 Å². The smallest absolute Gasteiger partial charge is 0.227 e. The maximum Gasteiger partial charge on any atom is 0.227 e. The van der Waals surface area contributed by atoms with Gasteiger partial charge in [-0.15, -0.1) is 0 Å². The molecule has 0 spiro atoms. The van der Waals surface area contributed by atoms with Crippen LogP contribution < -0.4 is 4.90 Å². The molecular weight excluding hydrogens is 354 g/mol. The van der Waals surface area contributed by atoms with E-state index in [1.807, 2.05) is 19.1 Å². The molecule has 4 rings (SSSR count). The number of piperidine rings is 2. The fourth-order valence-corrected chi connectivity index (χ4v) is 4.19. The van der Waals surface area contributed by atoms with E-state index in [1.165, 1.54) is 0 Å². The molecule has 1 unspecified atom stereocenters. The van der Waals surface area contributed by atoms with Crippen LogP contribution in [0, 0.1) is 11.8 Å². The van der Waals surface area contributed by atoms with E-state index < -0.39 is 0 Å². The minimum atomic E-state index is 0.0356. The van der Waals surface area contributed by atoms with E-state index in [4.69, 9.17) is 4.52 Å². The lowest BCUT2D eigenvalue weighted by molar-refractivity contribution is -0.137. The highest BCUT2D eigenvalue weighted by Gasteiger charge is 2.32. The maximum atomic E-state index is 13.1. The number of amides is 1. The molecule has 28 heavy (non-hydrogen) atoms. The van der Waals surface area contributed by atoms with Gasteiger partial charge in [-0.05, 0) is 43.7 Å². The molecule has 0 saturated carbocycles. The Morgan fingerprint density at radius 3 is 2.82 bits per heavy atom. The number of anilines is 1. The monoisotopic (exact) mass is 383 g/mol. The van der Waals surface area contributed by atoms with Gasteiger partial charge in [-0.3, -0.25) is 4.79 Å².